The molecule has 0 heterocycles. The van der Waals surface area contributed by atoms with Crippen LogP contribution in [-0.4, -0.2) is 17.4 Å². The summed E-state index contributed by atoms with van der Waals surface area (Å²) in [4.78, 5) is 9.93. The van der Waals surface area contributed by atoms with E-state index >= 15 is 0 Å². The van der Waals surface area contributed by atoms with Crippen LogP contribution in [-0.2, 0) is 9.53 Å². The largest absolute Gasteiger partial charge is 0.464 e. The third-order valence-corrected chi connectivity index (χ3v) is 3.93. The lowest BCUT2D eigenvalue weighted by Gasteiger charge is -2.05. The Hall–Kier alpha value is -0.210. The zero-order chi connectivity index (χ0) is 16.5. The quantitative estimate of drug-likeness (QED) is 0.144. The first-order valence-corrected chi connectivity index (χ1v) is 9.65. The fraction of sp³-hybridized carbons (Fsp3) is 0.833. The van der Waals surface area contributed by atoms with Crippen LogP contribution in [0.5, 0.6) is 0 Å². The van der Waals surface area contributed by atoms with Crippen LogP contribution in [0.4, 0.5) is 0 Å². The normalized spacial score (nSPS) is 11.5. The van der Waals surface area contributed by atoms with Gasteiger partial charge < -0.3 is 4.74 Å². The summed E-state index contributed by atoms with van der Waals surface area (Å²) in [5, 5.41) is 0. The Morgan fingerprint density at radius 1 is 0.864 bits per heavy atom. The monoisotopic (exact) mass is 350 g/mol. The fourth-order valence-corrected chi connectivity index (χ4v) is 2.34. The average molecular weight is 351 g/mol. The maximum Gasteiger partial charge on any atom is 0.339 e. The summed E-state index contributed by atoms with van der Waals surface area (Å²) in [5.74, 6) is -0.535. The first kappa shape index (κ1) is 21.8. The maximum atomic E-state index is 11.0. The highest BCUT2D eigenvalue weighted by molar-refractivity contribution is 6.52. The van der Waals surface area contributed by atoms with Crippen LogP contribution in [0.15, 0.2) is 12.2 Å². The van der Waals surface area contributed by atoms with Gasteiger partial charge in [-0.3, -0.25) is 0 Å². The number of esters is 1. The van der Waals surface area contributed by atoms with Crippen molar-refractivity contribution in [3.63, 3.8) is 0 Å². The van der Waals surface area contributed by atoms with Gasteiger partial charge in [0, 0.05) is 0 Å². The van der Waals surface area contributed by atoms with Crippen molar-refractivity contribution in [3.8, 4) is 0 Å². The number of hydrogen-bond acceptors (Lipinski definition) is 2. The van der Waals surface area contributed by atoms with Crippen LogP contribution in [0.25, 0.3) is 0 Å². The highest BCUT2D eigenvalue weighted by Crippen LogP contribution is 2.11. The standard InChI is InChI=1S/C18H32Cl2O2/c1-2-3-4-5-6-7-8-9-10-11-12-13-14-15-16-22-18(21)17(19)20/h5-6,17H,2-4,7-16H2,1H3/b6-5-. The van der Waals surface area contributed by atoms with Crippen LogP contribution >= 0.6 is 23.2 Å². The summed E-state index contributed by atoms with van der Waals surface area (Å²) in [6.07, 6.45) is 19.5. The number of hydrogen-bond donors (Lipinski definition) is 0. The lowest BCUT2D eigenvalue weighted by atomic mass is 10.1. The Bertz CT molecular complexity index is 278. The lowest BCUT2D eigenvalue weighted by molar-refractivity contribution is -0.141. The number of alkyl halides is 2. The molecule has 0 aliphatic carbocycles. The molecule has 0 aromatic carbocycles. The second-order valence-corrected chi connectivity index (χ2v) is 6.80. The van der Waals surface area contributed by atoms with Gasteiger partial charge in [-0.1, -0.05) is 93.6 Å². The minimum Gasteiger partial charge on any atom is -0.464 e. The maximum absolute atomic E-state index is 11.0. The SMILES string of the molecule is CCCC/C=C\CCCCCCCCCCOC(=O)C(Cl)Cl. The van der Waals surface area contributed by atoms with Crippen LogP contribution in [0.1, 0.15) is 84.0 Å². The van der Waals surface area contributed by atoms with Gasteiger partial charge in [-0.05, 0) is 25.7 Å². The van der Waals surface area contributed by atoms with E-state index < -0.39 is 10.8 Å². The predicted molar refractivity (Wildman–Crippen MR) is 96.7 cm³/mol. The second-order valence-electron chi connectivity index (χ2n) is 5.70. The lowest BCUT2D eigenvalue weighted by Crippen LogP contribution is -2.12. The highest BCUT2D eigenvalue weighted by atomic mass is 35.5. The van der Waals surface area contributed by atoms with Crippen LogP contribution in [0, 0.1) is 0 Å². The molecule has 0 amide bonds. The average Bonchev–Trinajstić information content (AvgIpc) is 2.50. The van der Waals surface area contributed by atoms with Gasteiger partial charge >= 0.3 is 5.97 Å². The Labute approximate surface area is 146 Å². The van der Waals surface area contributed by atoms with E-state index in [0.717, 1.165) is 12.8 Å². The molecule has 0 aromatic heterocycles. The van der Waals surface area contributed by atoms with E-state index in [-0.39, 0.29) is 0 Å². The van der Waals surface area contributed by atoms with Crippen molar-refractivity contribution in [2.75, 3.05) is 6.61 Å². The number of carbonyl (C=O) groups is 1. The molecule has 0 aliphatic heterocycles. The molecule has 0 bridgehead atoms. The summed E-state index contributed by atoms with van der Waals surface area (Å²) in [6.45, 7) is 2.66. The van der Waals surface area contributed by atoms with Crippen LogP contribution in [0.2, 0.25) is 0 Å². The molecule has 0 saturated heterocycles. The smallest absolute Gasteiger partial charge is 0.339 e. The first-order chi connectivity index (χ1) is 10.7. The van der Waals surface area contributed by atoms with E-state index in [9.17, 15) is 4.79 Å². The molecule has 22 heavy (non-hydrogen) atoms. The number of ether oxygens (including phenoxy) is 1. The molecule has 0 spiro atoms. The minimum absolute atomic E-state index is 0.430. The van der Waals surface area contributed by atoms with Crippen molar-refractivity contribution in [1.82, 2.24) is 0 Å². The van der Waals surface area contributed by atoms with Gasteiger partial charge in [0.25, 0.3) is 0 Å². The zero-order valence-corrected chi connectivity index (χ0v) is 15.5. The molecule has 130 valence electrons. The molecular formula is C18H32Cl2O2. The predicted octanol–water partition coefficient (Wildman–Crippen LogP) is 6.59. The summed E-state index contributed by atoms with van der Waals surface area (Å²) < 4.78 is 4.90. The van der Waals surface area contributed by atoms with Gasteiger partial charge in [0.15, 0.2) is 0 Å². The minimum atomic E-state index is -1.05. The molecular weight excluding hydrogens is 319 g/mol. The van der Waals surface area contributed by atoms with Gasteiger partial charge in [0.1, 0.15) is 0 Å². The van der Waals surface area contributed by atoms with Gasteiger partial charge in [0.05, 0.1) is 6.61 Å². The van der Waals surface area contributed by atoms with Crippen molar-refractivity contribution >= 4 is 29.2 Å². The molecule has 0 N–H and O–H groups in total. The molecule has 0 atom stereocenters. The Kier molecular flexibility index (Phi) is 17.0. The molecule has 4 heteroatoms. The molecule has 0 unspecified atom stereocenters. The molecule has 0 radical (unpaired) electrons. The topological polar surface area (TPSA) is 26.3 Å². The van der Waals surface area contributed by atoms with E-state index in [0.29, 0.717) is 6.61 Å². The van der Waals surface area contributed by atoms with Crippen molar-refractivity contribution < 1.29 is 9.53 Å². The van der Waals surface area contributed by atoms with E-state index in [1.807, 2.05) is 0 Å². The van der Waals surface area contributed by atoms with E-state index in [1.54, 1.807) is 0 Å². The van der Waals surface area contributed by atoms with Crippen LogP contribution < -0.4 is 0 Å². The van der Waals surface area contributed by atoms with Gasteiger partial charge in [0.2, 0.25) is 4.84 Å². The third-order valence-electron chi connectivity index (χ3n) is 3.58. The molecule has 0 aliphatic rings. The number of rotatable bonds is 15. The van der Waals surface area contributed by atoms with Gasteiger partial charge in [-0.25, -0.2) is 4.79 Å². The molecule has 0 saturated carbocycles. The highest BCUT2D eigenvalue weighted by Gasteiger charge is 2.11. The number of allylic oxidation sites excluding steroid dienone is 2. The Morgan fingerprint density at radius 3 is 1.91 bits per heavy atom. The first-order valence-electron chi connectivity index (χ1n) is 8.78. The van der Waals surface area contributed by atoms with Crippen molar-refractivity contribution in [1.29, 1.82) is 0 Å². The van der Waals surface area contributed by atoms with Crippen molar-refractivity contribution in [3.05, 3.63) is 12.2 Å². The van der Waals surface area contributed by atoms with Crippen molar-refractivity contribution in [2.45, 2.75) is 88.8 Å². The second kappa shape index (κ2) is 17.1. The van der Waals surface area contributed by atoms with Gasteiger partial charge in [-0.2, -0.15) is 0 Å². The van der Waals surface area contributed by atoms with Crippen LogP contribution in [0.3, 0.4) is 0 Å². The molecule has 0 aromatic rings. The molecule has 0 rings (SSSR count). The molecule has 2 nitrogen and oxygen atoms in total. The summed E-state index contributed by atoms with van der Waals surface area (Å²) in [6, 6.07) is 0. The summed E-state index contributed by atoms with van der Waals surface area (Å²) >= 11 is 10.8. The number of unbranched alkanes of at least 4 members (excludes halogenated alkanes) is 10. The zero-order valence-electron chi connectivity index (χ0n) is 14.0. The Morgan fingerprint density at radius 2 is 1.36 bits per heavy atom. The summed E-state index contributed by atoms with van der Waals surface area (Å²) in [7, 11) is 0. The van der Waals surface area contributed by atoms with Gasteiger partial charge in [-0.15, -0.1) is 0 Å². The fourth-order valence-electron chi connectivity index (χ4n) is 2.22. The third kappa shape index (κ3) is 16.2. The molecule has 0 fully saturated rings. The van der Waals surface area contributed by atoms with E-state index in [2.05, 4.69) is 19.1 Å². The van der Waals surface area contributed by atoms with Crippen molar-refractivity contribution in [2.24, 2.45) is 0 Å². The number of halogens is 2. The summed E-state index contributed by atoms with van der Waals surface area (Å²) in [5.41, 5.74) is 0. The van der Waals surface area contributed by atoms with E-state index in [4.69, 9.17) is 27.9 Å². The number of carbonyl (C=O) groups excluding carboxylic acids is 1. The Balaban J connectivity index is 3.11. The van der Waals surface area contributed by atoms with E-state index in [1.165, 1.54) is 64.2 Å².